The zero-order valence-corrected chi connectivity index (χ0v) is 32.9. The maximum atomic E-state index is 12.8. The number of fused-ring (bicyclic) bond motifs is 3. The third-order valence-electron chi connectivity index (χ3n) is 7.92. The summed E-state index contributed by atoms with van der Waals surface area (Å²) in [6.07, 6.45) is 2.06. The van der Waals surface area contributed by atoms with Crippen LogP contribution in [0.3, 0.4) is 0 Å². The summed E-state index contributed by atoms with van der Waals surface area (Å²) in [5.41, 5.74) is 3.66. The number of rotatable bonds is 18. The first-order valence-electron chi connectivity index (χ1n) is 16.0. The van der Waals surface area contributed by atoms with Gasteiger partial charge in [-0.15, -0.1) is 5.10 Å². The Bertz CT molecular complexity index is 1840. The van der Waals surface area contributed by atoms with Gasteiger partial charge in [-0.1, -0.05) is 53.3 Å². The van der Waals surface area contributed by atoms with Gasteiger partial charge in [-0.2, -0.15) is 0 Å². The van der Waals surface area contributed by atoms with Gasteiger partial charge < -0.3 is 32.3 Å². The number of hydrogen-bond donors (Lipinski definition) is 0. The van der Waals surface area contributed by atoms with Gasteiger partial charge in [-0.05, 0) is 66.1 Å². The Balaban J connectivity index is 1.13. The number of hydrazone groups is 1. The van der Waals surface area contributed by atoms with E-state index in [2.05, 4.69) is 5.10 Å². The number of ether oxygens (including phenoxy) is 3. The minimum atomic E-state index is -3.42. The summed E-state index contributed by atoms with van der Waals surface area (Å²) in [7, 11) is -1.37. The maximum Gasteiger partial charge on any atom is 0.540 e. The molecule has 0 fully saturated rings. The summed E-state index contributed by atoms with van der Waals surface area (Å²) in [5, 5.41) is 4.48. The first-order chi connectivity index (χ1) is 25.1. The smallest absolute Gasteiger partial charge is 0.423 e. The average Bonchev–Trinajstić information content (AvgIpc) is 3.33. The molecule has 0 bridgehead atoms. The van der Waals surface area contributed by atoms with Crippen molar-refractivity contribution in [2.45, 2.75) is 12.9 Å². The largest absolute Gasteiger partial charge is 0.540 e. The normalized spacial score (nSPS) is 13.5. The average molecular weight is 789 g/mol. The second-order valence-corrected chi connectivity index (χ2v) is 17.9. The molecule has 1 heterocycles. The third-order valence-corrected chi connectivity index (χ3v) is 13.5. The number of nitrogens with zero attached hydrogens (tertiary/aromatic N) is 3. The fourth-order valence-electron chi connectivity index (χ4n) is 5.01. The van der Waals surface area contributed by atoms with Crippen LogP contribution in [0.4, 0.5) is 0 Å². The van der Waals surface area contributed by atoms with E-state index in [4.69, 9.17) is 48.6 Å². The highest BCUT2D eigenvalue weighted by molar-refractivity contribution is 8.02. The first kappa shape index (κ1) is 39.5. The van der Waals surface area contributed by atoms with Crippen molar-refractivity contribution in [3.63, 3.8) is 0 Å². The summed E-state index contributed by atoms with van der Waals surface area (Å²) in [4.78, 5) is 1.68. The maximum absolute atomic E-state index is 12.8. The fraction of sp³-hybridized carbons (Fsp3) is 0.286. The molecule has 0 radical (unpaired) electrons. The van der Waals surface area contributed by atoms with Gasteiger partial charge in [0.1, 0.15) is 29.8 Å². The van der Waals surface area contributed by atoms with Crippen LogP contribution >= 0.6 is 22.3 Å². The zero-order chi connectivity index (χ0) is 37.1. The van der Waals surface area contributed by atoms with Crippen LogP contribution in [-0.2, 0) is 45.5 Å². The standard InChI is InChI=1S/C35H41N3O10P3S/c1-37(49(52)48-30-20-14-27(15-21-30)22-23-38(25-50(39,41-2)42-3)26-51(40,43-4)44-5)36-24-28-16-18-29(19-17-28)45-35-46-33-12-8-6-10-31(33)32-11-7-9-13-34(32)47-35/h6-21,24,35H,22-23,25-26H2,1-5H3/q+1/b36-24+. The first-order valence-corrected chi connectivity index (χ1v) is 21.7. The van der Waals surface area contributed by atoms with Crippen LogP contribution in [0.25, 0.3) is 11.1 Å². The third kappa shape index (κ3) is 10.7. The Morgan fingerprint density at radius 2 is 1.25 bits per heavy atom. The molecule has 0 N–H and O–H groups in total. The highest BCUT2D eigenvalue weighted by Gasteiger charge is 2.32. The molecule has 1 atom stereocenters. The Labute approximate surface area is 310 Å². The van der Waals surface area contributed by atoms with E-state index in [1.54, 1.807) is 22.9 Å². The topological polar surface area (TPSA) is 127 Å². The van der Waals surface area contributed by atoms with Crippen molar-refractivity contribution < 1.29 is 46.0 Å². The number of benzene rings is 4. The summed E-state index contributed by atoms with van der Waals surface area (Å²) in [5.74, 6) is 2.49. The highest BCUT2D eigenvalue weighted by atomic mass is 32.4. The number of para-hydroxylation sites is 2. The van der Waals surface area contributed by atoms with Crippen molar-refractivity contribution in [2.75, 3.05) is 54.6 Å². The summed E-state index contributed by atoms with van der Waals surface area (Å²) in [6, 6.07) is 30.3. The molecular formula is C35H41N3O10P3S+. The van der Waals surface area contributed by atoms with Crippen molar-refractivity contribution in [1.29, 1.82) is 0 Å². The molecule has 276 valence electrons. The van der Waals surface area contributed by atoms with E-state index in [-0.39, 0.29) is 12.6 Å². The molecule has 1 unspecified atom stereocenters. The molecule has 52 heavy (non-hydrogen) atoms. The summed E-state index contributed by atoms with van der Waals surface area (Å²) in [6.45, 7) is -0.591. The molecule has 0 saturated heterocycles. The van der Waals surface area contributed by atoms with Crippen molar-refractivity contribution in [3.8, 4) is 34.1 Å². The van der Waals surface area contributed by atoms with E-state index in [1.165, 1.54) is 28.4 Å². The highest BCUT2D eigenvalue weighted by Crippen LogP contribution is 2.51. The lowest BCUT2D eigenvalue weighted by molar-refractivity contribution is -0.138. The van der Waals surface area contributed by atoms with Crippen LogP contribution in [0.15, 0.2) is 102 Å². The van der Waals surface area contributed by atoms with E-state index in [0.717, 1.165) is 22.3 Å². The lowest BCUT2D eigenvalue weighted by Crippen LogP contribution is -2.29. The van der Waals surface area contributed by atoms with Crippen LogP contribution < -0.4 is 18.7 Å². The van der Waals surface area contributed by atoms with E-state index in [0.29, 0.717) is 36.0 Å². The Morgan fingerprint density at radius 1 is 0.750 bits per heavy atom. The fourth-order valence-corrected chi connectivity index (χ4v) is 8.33. The van der Waals surface area contributed by atoms with Crippen LogP contribution in [0.1, 0.15) is 11.1 Å². The van der Waals surface area contributed by atoms with Gasteiger partial charge in [0.05, 0.1) is 13.3 Å². The molecule has 0 spiro atoms. The minimum Gasteiger partial charge on any atom is -0.423 e. The molecule has 13 nitrogen and oxygen atoms in total. The van der Waals surface area contributed by atoms with Gasteiger partial charge in [-0.3, -0.25) is 18.6 Å². The molecule has 5 rings (SSSR count). The summed E-state index contributed by atoms with van der Waals surface area (Å²) < 4.78 is 71.7. The molecular weight excluding hydrogens is 747 g/mol. The van der Waals surface area contributed by atoms with Gasteiger partial charge in [0, 0.05) is 46.1 Å². The Hall–Kier alpha value is -3.67. The van der Waals surface area contributed by atoms with Crippen LogP contribution in [-0.4, -0.2) is 77.0 Å². The molecule has 0 saturated carbocycles. The molecule has 1 aliphatic rings. The predicted molar refractivity (Wildman–Crippen MR) is 204 cm³/mol. The second kappa shape index (κ2) is 18.4. The molecule has 0 amide bonds. The number of hydrogen-bond acceptors (Lipinski definition) is 13. The second-order valence-electron chi connectivity index (χ2n) is 11.3. The van der Waals surface area contributed by atoms with Crippen LogP contribution in [0, 0.1) is 0 Å². The van der Waals surface area contributed by atoms with Crippen molar-refractivity contribution in [3.05, 3.63) is 108 Å². The predicted octanol–water partition coefficient (Wildman–Crippen LogP) is 8.34. The molecule has 0 aromatic heterocycles. The monoisotopic (exact) mass is 788 g/mol. The van der Waals surface area contributed by atoms with Crippen molar-refractivity contribution in [2.24, 2.45) is 5.10 Å². The van der Waals surface area contributed by atoms with Gasteiger partial charge in [-0.25, -0.2) is 0 Å². The SMILES string of the molecule is COP(=O)(CN(CCc1ccc(O[P+](=S)N(C)/N=C/c2ccc(OC3Oc4ccccc4-c4ccccc4O3)cc2)cc1)CP(=O)(OC)OC)OC. The lowest BCUT2D eigenvalue weighted by atomic mass is 10.0. The van der Waals surface area contributed by atoms with Crippen molar-refractivity contribution >= 4 is 40.3 Å². The molecule has 0 aliphatic carbocycles. The zero-order valence-electron chi connectivity index (χ0n) is 29.4. The Kier molecular flexibility index (Phi) is 14.0. The lowest BCUT2D eigenvalue weighted by Gasteiger charge is -2.27. The molecule has 4 aromatic rings. The quantitative estimate of drug-likeness (QED) is 0.0545. The molecule has 1 aliphatic heterocycles. The van der Waals surface area contributed by atoms with E-state index in [9.17, 15) is 9.13 Å². The molecule has 17 heteroatoms. The van der Waals surface area contributed by atoms with E-state index < -0.39 is 28.7 Å². The van der Waals surface area contributed by atoms with E-state index >= 15 is 0 Å². The van der Waals surface area contributed by atoms with Crippen molar-refractivity contribution in [1.82, 2.24) is 9.68 Å². The van der Waals surface area contributed by atoms with Gasteiger partial charge in [0.25, 0.3) is 0 Å². The Morgan fingerprint density at radius 3 is 1.77 bits per heavy atom. The molecule has 4 aromatic carbocycles. The minimum absolute atomic E-state index is 0.0851. The van der Waals surface area contributed by atoms with Gasteiger partial charge in [0.15, 0.2) is 5.75 Å². The van der Waals surface area contributed by atoms with E-state index in [1.807, 2.05) is 97.1 Å². The van der Waals surface area contributed by atoms with Gasteiger partial charge in [0.2, 0.25) is 11.8 Å². The van der Waals surface area contributed by atoms with Gasteiger partial charge >= 0.3 is 28.7 Å². The van der Waals surface area contributed by atoms with Crippen LogP contribution in [0.5, 0.6) is 23.0 Å². The summed E-state index contributed by atoms with van der Waals surface area (Å²) >= 11 is 5.60. The van der Waals surface area contributed by atoms with Crippen LogP contribution in [0.2, 0.25) is 0 Å².